The summed E-state index contributed by atoms with van der Waals surface area (Å²) in [6.45, 7) is -1.22. The summed E-state index contributed by atoms with van der Waals surface area (Å²) in [5, 5.41) is 18.9. The van der Waals surface area contributed by atoms with Crippen molar-refractivity contribution < 1.29 is 33.0 Å². The topological polar surface area (TPSA) is 121 Å². The molecule has 3 rings (SSSR count). The molecule has 0 unspecified atom stereocenters. The molecule has 2 N–H and O–H groups in total. The molecule has 0 saturated heterocycles. The van der Waals surface area contributed by atoms with Gasteiger partial charge in [-0.1, -0.05) is 12.1 Å². The number of sulfonamides is 1. The summed E-state index contributed by atoms with van der Waals surface area (Å²) in [4.78, 5) is 23.7. The van der Waals surface area contributed by atoms with Crippen molar-refractivity contribution in [3.63, 3.8) is 0 Å². The number of nitrogens with zero attached hydrogens (tertiary/aromatic N) is 1. The molecule has 2 aromatic carbocycles. The van der Waals surface area contributed by atoms with Crippen molar-refractivity contribution in [1.29, 1.82) is 0 Å². The quantitative estimate of drug-likeness (QED) is 0.551. The van der Waals surface area contributed by atoms with Gasteiger partial charge in [-0.15, -0.1) is 0 Å². The van der Waals surface area contributed by atoms with Crippen molar-refractivity contribution in [2.75, 3.05) is 26.3 Å². The van der Waals surface area contributed by atoms with Crippen molar-refractivity contribution in [1.82, 2.24) is 4.31 Å². The van der Waals surface area contributed by atoms with Crippen LogP contribution in [0.2, 0.25) is 0 Å². The molecule has 0 amide bonds. The molecule has 1 heterocycles. The number of esters is 2. The molecule has 0 spiro atoms. The van der Waals surface area contributed by atoms with Crippen LogP contribution in [0.3, 0.4) is 0 Å². The minimum Gasteiger partial charge on any atom is -0.395 e. The second-order valence-corrected chi connectivity index (χ2v) is 7.34. The highest BCUT2D eigenvalue weighted by Crippen LogP contribution is 2.32. The number of cyclic esters (lactones) is 2. The molecule has 0 radical (unpaired) electrons. The molecule has 1 aliphatic rings. The van der Waals surface area contributed by atoms with Gasteiger partial charge in [-0.05, 0) is 23.6 Å². The zero-order valence-electron chi connectivity index (χ0n) is 13.0. The Bertz CT molecular complexity index is 962. The van der Waals surface area contributed by atoms with E-state index in [0.717, 1.165) is 10.4 Å². The summed E-state index contributed by atoms with van der Waals surface area (Å²) in [6, 6.07) is 7.16. The van der Waals surface area contributed by atoms with E-state index in [1.165, 1.54) is 12.1 Å². The van der Waals surface area contributed by atoms with Crippen molar-refractivity contribution >= 4 is 32.7 Å². The normalized spacial score (nSPS) is 14.2. The van der Waals surface area contributed by atoms with Gasteiger partial charge in [0.2, 0.25) is 10.0 Å². The molecule has 2 aromatic rings. The number of benzene rings is 2. The van der Waals surface area contributed by atoms with Crippen LogP contribution < -0.4 is 0 Å². The van der Waals surface area contributed by atoms with Crippen LogP contribution in [-0.4, -0.2) is 61.2 Å². The largest absolute Gasteiger partial charge is 0.395 e. The summed E-state index contributed by atoms with van der Waals surface area (Å²) >= 11 is 0. The van der Waals surface area contributed by atoms with E-state index in [0.29, 0.717) is 10.8 Å². The Hall–Kier alpha value is -2.33. The summed E-state index contributed by atoms with van der Waals surface area (Å²) in [6.07, 6.45) is 0. The van der Waals surface area contributed by atoms with E-state index in [9.17, 15) is 18.0 Å². The molecule has 8 nitrogen and oxygen atoms in total. The number of hydrogen-bond donors (Lipinski definition) is 2. The van der Waals surface area contributed by atoms with Gasteiger partial charge < -0.3 is 14.9 Å². The van der Waals surface area contributed by atoms with Crippen LogP contribution in [0.5, 0.6) is 0 Å². The number of aliphatic hydroxyl groups is 2. The average Bonchev–Trinajstić information content (AvgIpc) is 2.58. The third-order valence-electron chi connectivity index (χ3n) is 3.91. The lowest BCUT2D eigenvalue weighted by Crippen LogP contribution is -2.36. The summed E-state index contributed by atoms with van der Waals surface area (Å²) in [5.74, 6) is -1.69. The number of rotatable bonds is 6. The lowest BCUT2D eigenvalue weighted by atomic mass is 9.97. The van der Waals surface area contributed by atoms with Gasteiger partial charge in [0.05, 0.1) is 29.2 Å². The van der Waals surface area contributed by atoms with Crippen molar-refractivity contribution in [3.05, 3.63) is 41.5 Å². The summed E-state index contributed by atoms with van der Waals surface area (Å²) in [5.41, 5.74) is 0.179. The molecule has 1 aliphatic heterocycles. The summed E-state index contributed by atoms with van der Waals surface area (Å²) in [7, 11) is -4.05. The SMILES string of the molecule is O=C1OC(=O)c2cc(S(=O)(=O)N(CCO)CCO)cc3cccc1c23. The zero-order chi connectivity index (χ0) is 18.2. The number of carbonyl (C=O) groups excluding carboxylic acids is 2. The molecule has 132 valence electrons. The fraction of sp³-hybridized carbons (Fsp3) is 0.250. The molecule has 0 bridgehead atoms. The molecule has 0 aliphatic carbocycles. The van der Waals surface area contributed by atoms with Gasteiger partial charge in [-0.3, -0.25) is 0 Å². The third kappa shape index (κ3) is 2.91. The lowest BCUT2D eigenvalue weighted by Gasteiger charge is -2.22. The van der Waals surface area contributed by atoms with Crippen LogP contribution in [-0.2, 0) is 14.8 Å². The fourth-order valence-electron chi connectivity index (χ4n) is 2.80. The molecule has 25 heavy (non-hydrogen) atoms. The Kier molecular flexibility index (Phi) is 4.56. The molecule has 0 saturated carbocycles. The first-order valence-electron chi connectivity index (χ1n) is 7.45. The number of hydrogen-bond acceptors (Lipinski definition) is 7. The van der Waals surface area contributed by atoms with E-state index in [2.05, 4.69) is 4.74 Å². The predicted octanol–water partition coefficient (Wildman–Crippen LogP) is 0.126. The van der Waals surface area contributed by atoms with Gasteiger partial charge in [0, 0.05) is 18.5 Å². The van der Waals surface area contributed by atoms with Crippen molar-refractivity contribution in [2.24, 2.45) is 0 Å². The Balaban J connectivity index is 2.23. The summed E-state index contributed by atoms with van der Waals surface area (Å²) < 4.78 is 31.1. The highest BCUT2D eigenvalue weighted by molar-refractivity contribution is 7.89. The fourth-order valence-corrected chi connectivity index (χ4v) is 4.28. The standard InChI is InChI=1S/C16H15NO7S/c18-6-4-17(5-7-19)25(22,23)11-8-10-2-1-3-12-14(10)13(9-11)16(21)24-15(12)20/h1-3,8-9,18-19H,4-7H2. The van der Waals surface area contributed by atoms with E-state index >= 15 is 0 Å². The van der Waals surface area contributed by atoms with E-state index in [1.807, 2.05) is 0 Å². The van der Waals surface area contributed by atoms with E-state index in [1.54, 1.807) is 12.1 Å². The first-order chi connectivity index (χ1) is 11.9. The average molecular weight is 365 g/mol. The van der Waals surface area contributed by atoms with Crippen molar-refractivity contribution in [3.8, 4) is 0 Å². The Morgan fingerprint density at radius 1 is 0.960 bits per heavy atom. The number of aliphatic hydroxyl groups excluding tert-OH is 2. The highest BCUT2D eigenvalue weighted by Gasteiger charge is 2.31. The van der Waals surface area contributed by atoms with Crippen LogP contribution in [0.25, 0.3) is 10.8 Å². The number of carbonyl (C=O) groups is 2. The minimum absolute atomic E-state index is 0.0146. The molecule has 0 aromatic heterocycles. The van der Waals surface area contributed by atoms with Gasteiger partial charge in [-0.2, -0.15) is 4.31 Å². The molecular formula is C16H15NO7S. The predicted molar refractivity (Wildman–Crippen MR) is 86.6 cm³/mol. The van der Waals surface area contributed by atoms with Gasteiger partial charge in [0.15, 0.2) is 0 Å². The van der Waals surface area contributed by atoms with Crippen LogP contribution in [0.15, 0.2) is 35.2 Å². The third-order valence-corrected chi connectivity index (χ3v) is 5.79. The molecular weight excluding hydrogens is 350 g/mol. The van der Waals surface area contributed by atoms with E-state index in [4.69, 9.17) is 10.2 Å². The maximum atomic E-state index is 12.8. The van der Waals surface area contributed by atoms with Gasteiger partial charge in [0.25, 0.3) is 0 Å². The Morgan fingerprint density at radius 2 is 1.60 bits per heavy atom. The van der Waals surface area contributed by atoms with Crippen LogP contribution >= 0.6 is 0 Å². The molecule has 0 atom stereocenters. The van der Waals surface area contributed by atoms with E-state index < -0.39 is 35.2 Å². The second kappa shape index (κ2) is 6.52. The zero-order valence-corrected chi connectivity index (χ0v) is 13.8. The van der Waals surface area contributed by atoms with E-state index in [-0.39, 0.29) is 29.1 Å². The second-order valence-electron chi connectivity index (χ2n) is 5.40. The minimum atomic E-state index is -4.05. The van der Waals surface area contributed by atoms with Gasteiger partial charge in [-0.25, -0.2) is 18.0 Å². The molecule has 0 fully saturated rings. The Labute approximate surface area is 143 Å². The number of ether oxygens (including phenoxy) is 1. The van der Waals surface area contributed by atoms with Crippen LogP contribution in [0.1, 0.15) is 20.7 Å². The van der Waals surface area contributed by atoms with Crippen molar-refractivity contribution in [2.45, 2.75) is 4.90 Å². The highest BCUT2D eigenvalue weighted by atomic mass is 32.2. The smallest absolute Gasteiger partial charge is 0.346 e. The molecule has 9 heteroatoms. The first kappa shape index (κ1) is 17.5. The monoisotopic (exact) mass is 365 g/mol. The Morgan fingerprint density at radius 3 is 2.24 bits per heavy atom. The van der Waals surface area contributed by atoms with Crippen LogP contribution in [0, 0.1) is 0 Å². The first-order valence-corrected chi connectivity index (χ1v) is 8.89. The van der Waals surface area contributed by atoms with Gasteiger partial charge >= 0.3 is 11.9 Å². The lowest BCUT2D eigenvalue weighted by molar-refractivity contribution is 0.0391. The maximum absolute atomic E-state index is 12.8. The maximum Gasteiger partial charge on any atom is 0.346 e. The van der Waals surface area contributed by atoms with Crippen LogP contribution in [0.4, 0.5) is 0 Å². The van der Waals surface area contributed by atoms with Gasteiger partial charge in [0.1, 0.15) is 0 Å².